The molecule has 2 aromatic rings. The predicted molar refractivity (Wildman–Crippen MR) is 115 cm³/mol. The van der Waals surface area contributed by atoms with E-state index in [1.54, 1.807) is 12.1 Å². The van der Waals surface area contributed by atoms with E-state index in [9.17, 15) is 19.5 Å². The minimum Gasteiger partial charge on any atom is -0.478 e. The second-order valence-electron chi connectivity index (χ2n) is 8.33. The molecule has 5 rings (SSSR count). The molecule has 2 aliphatic heterocycles. The quantitative estimate of drug-likeness (QED) is 0.620. The molecule has 8 nitrogen and oxygen atoms in total. The summed E-state index contributed by atoms with van der Waals surface area (Å²) in [6, 6.07) is 7.47. The number of carboxylic acid groups (broad SMARTS) is 1. The van der Waals surface area contributed by atoms with Crippen molar-refractivity contribution in [3.8, 4) is 11.5 Å². The molecule has 2 fully saturated rings. The zero-order valence-corrected chi connectivity index (χ0v) is 18.0. The van der Waals surface area contributed by atoms with Crippen molar-refractivity contribution < 1.29 is 38.4 Å². The van der Waals surface area contributed by atoms with Crippen LogP contribution in [0.15, 0.2) is 30.3 Å². The van der Waals surface area contributed by atoms with Gasteiger partial charge in [-0.15, -0.1) is 0 Å². The van der Waals surface area contributed by atoms with Gasteiger partial charge in [-0.3, -0.25) is 9.59 Å². The van der Waals surface area contributed by atoms with Gasteiger partial charge in [0.25, 0.3) is 0 Å². The molecule has 2 heterocycles. The Balaban J connectivity index is 1.60. The smallest absolute Gasteiger partial charge is 0.336 e. The summed E-state index contributed by atoms with van der Waals surface area (Å²) in [5, 5.41) is 9.71. The Morgan fingerprint density at radius 1 is 0.788 bits per heavy atom. The first-order valence-electron chi connectivity index (χ1n) is 11.2. The van der Waals surface area contributed by atoms with Gasteiger partial charge in [0.15, 0.2) is 18.4 Å². The number of fused-ring (bicyclic) bond motifs is 2. The Morgan fingerprint density at radius 2 is 1.42 bits per heavy atom. The molecule has 1 N–H and O–H groups in total. The number of carboxylic acids is 1. The van der Waals surface area contributed by atoms with Gasteiger partial charge in [-0.2, -0.15) is 0 Å². The van der Waals surface area contributed by atoms with E-state index in [2.05, 4.69) is 0 Å². The molecule has 1 aliphatic carbocycles. The number of hydrogen-bond acceptors (Lipinski definition) is 7. The van der Waals surface area contributed by atoms with Crippen molar-refractivity contribution in [3.05, 3.63) is 58.1 Å². The first-order chi connectivity index (χ1) is 16.0. The van der Waals surface area contributed by atoms with Crippen molar-refractivity contribution >= 4 is 17.5 Å². The maximum atomic E-state index is 13.8. The summed E-state index contributed by atoms with van der Waals surface area (Å²) in [4.78, 5) is 39.1. The van der Waals surface area contributed by atoms with E-state index in [4.69, 9.17) is 18.9 Å². The molecule has 8 heteroatoms. The topological polar surface area (TPSA) is 108 Å². The zero-order chi connectivity index (χ0) is 22.9. The fourth-order valence-corrected chi connectivity index (χ4v) is 4.53. The highest BCUT2D eigenvalue weighted by Gasteiger charge is 2.39. The van der Waals surface area contributed by atoms with Crippen molar-refractivity contribution in [3.63, 3.8) is 0 Å². The van der Waals surface area contributed by atoms with E-state index < -0.39 is 30.1 Å². The molecule has 0 amide bonds. The van der Waals surface area contributed by atoms with Gasteiger partial charge in [-0.25, -0.2) is 4.79 Å². The lowest BCUT2D eigenvalue weighted by molar-refractivity contribution is -0.106. The fraction of sp³-hybridized carbons (Fsp3) is 0.400. The van der Waals surface area contributed by atoms with Crippen LogP contribution in [-0.2, 0) is 9.47 Å². The Labute approximate surface area is 190 Å². The lowest BCUT2D eigenvalue weighted by atomic mass is 9.81. The largest absolute Gasteiger partial charge is 0.478 e. The zero-order valence-electron chi connectivity index (χ0n) is 18.0. The molecule has 2 saturated heterocycles. The Hall–Kier alpha value is -3.23. The van der Waals surface area contributed by atoms with Crippen LogP contribution >= 0.6 is 0 Å². The van der Waals surface area contributed by atoms with Gasteiger partial charge >= 0.3 is 5.97 Å². The van der Waals surface area contributed by atoms with E-state index in [0.717, 1.165) is 25.7 Å². The van der Waals surface area contributed by atoms with Gasteiger partial charge in [-0.1, -0.05) is 12.1 Å². The van der Waals surface area contributed by atoms with E-state index >= 15 is 0 Å². The molecular weight excluding hydrogens is 428 g/mol. The van der Waals surface area contributed by atoms with Crippen molar-refractivity contribution in [1.82, 2.24) is 0 Å². The van der Waals surface area contributed by atoms with Crippen LogP contribution in [0.3, 0.4) is 0 Å². The lowest BCUT2D eigenvalue weighted by Gasteiger charge is -2.28. The number of hydrogen-bond donors (Lipinski definition) is 1. The summed E-state index contributed by atoms with van der Waals surface area (Å²) in [5.74, 6) is -1.99. The van der Waals surface area contributed by atoms with E-state index in [-0.39, 0.29) is 39.3 Å². The number of carbonyl (C=O) groups is 3. The average Bonchev–Trinajstić information content (AvgIpc) is 2.83. The minimum atomic E-state index is -1.29. The second kappa shape index (κ2) is 8.96. The molecule has 172 valence electrons. The summed E-state index contributed by atoms with van der Waals surface area (Å²) in [6.07, 6.45) is 3.97. The fourth-order valence-electron chi connectivity index (χ4n) is 4.53. The summed E-state index contributed by atoms with van der Waals surface area (Å²) >= 11 is 0. The van der Waals surface area contributed by atoms with Gasteiger partial charge in [0.1, 0.15) is 11.5 Å². The molecule has 2 atom stereocenters. The van der Waals surface area contributed by atoms with Gasteiger partial charge in [-0.05, 0) is 43.9 Å². The number of carbonyl (C=O) groups excluding carboxylic acids is 2. The van der Waals surface area contributed by atoms with Crippen molar-refractivity contribution in [2.75, 3.05) is 13.2 Å². The Bertz CT molecular complexity index is 1110. The third kappa shape index (κ3) is 4.00. The first kappa shape index (κ1) is 21.6. The van der Waals surface area contributed by atoms with Gasteiger partial charge in [0, 0.05) is 18.4 Å². The molecule has 0 aromatic heterocycles. The highest BCUT2D eigenvalue weighted by molar-refractivity contribution is 6.32. The lowest BCUT2D eigenvalue weighted by Crippen LogP contribution is -2.30. The molecule has 2 aromatic carbocycles. The molecule has 2 unspecified atom stereocenters. The van der Waals surface area contributed by atoms with Crippen molar-refractivity contribution in [2.24, 2.45) is 0 Å². The molecule has 0 radical (unpaired) electrons. The Morgan fingerprint density at radius 3 is 2.00 bits per heavy atom. The molecule has 3 aliphatic rings. The van der Waals surface area contributed by atoms with Crippen molar-refractivity contribution in [1.29, 1.82) is 0 Å². The maximum absolute atomic E-state index is 13.8. The third-order valence-electron chi connectivity index (χ3n) is 6.14. The number of ether oxygens (including phenoxy) is 4. The van der Waals surface area contributed by atoms with Crippen LogP contribution in [0.1, 0.15) is 80.7 Å². The number of aromatic carboxylic acids is 1. The minimum absolute atomic E-state index is 0.0674. The molecule has 0 spiro atoms. The highest BCUT2D eigenvalue weighted by atomic mass is 16.7. The first-order valence-corrected chi connectivity index (χ1v) is 11.2. The summed E-state index contributed by atoms with van der Waals surface area (Å²) in [5.41, 5.74) is -0.273. The number of rotatable bonds is 5. The monoisotopic (exact) mass is 452 g/mol. The molecular formula is C25H24O8. The Kier molecular flexibility index (Phi) is 5.86. The van der Waals surface area contributed by atoms with Crippen LogP contribution in [-0.4, -0.2) is 48.4 Å². The highest BCUT2D eigenvalue weighted by Crippen LogP contribution is 2.40. The van der Waals surface area contributed by atoms with E-state index in [1.807, 2.05) is 0 Å². The SMILES string of the molecule is O=C(O)c1ccc(OC2CCCCO2)c2c1C(=O)c1cccc(OC3CCCCO3)c1C2=O. The van der Waals surface area contributed by atoms with Crippen LogP contribution < -0.4 is 9.47 Å². The number of benzene rings is 2. The number of ketones is 2. The van der Waals surface area contributed by atoms with Crippen LogP contribution in [0.5, 0.6) is 11.5 Å². The normalized spacial score (nSPS) is 22.3. The predicted octanol–water partition coefficient (Wildman–Crippen LogP) is 3.97. The summed E-state index contributed by atoms with van der Waals surface area (Å²) in [7, 11) is 0. The summed E-state index contributed by atoms with van der Waals surface area (Å²) in [6.45, 7) is 1.10. The van der Waals surface area contributed by atoms with E-state index in [0.29, 0.717) is 26.1 Å². The molecule has 0 bridgehead atoms. The maximum Gasteiger partial charge on any atom is 0.336 e. The van der Waals surface area contributed by atoms with Crippen LogP contribution in [0, 0.1) is 0 Å². The molecule has 33 heavy (non-hydrogen) atoms. The van der Waals surface area contributed by atoms with Crippen LogP contribution in [0.25, 0.3) is 0 Å². The van der Waals surface area contributed by atoms with Gasteiger partial charge in [0.05, 0.1) is 35.5 Å². The van der Waals surface area contributed by atoms with Crippen molar-refractivity contribution in [2.45, 2.75) is 51.1 Å². The van der Waals surface area contributed by atoms with Gasteiger partial charge in [0.2, 0.25) is 5.78 Å². The summed E-state index contributed by atoms with van der Waals surface area (Å²) < 4.78 is 23.2. The van der Waals surface area contributed by atoms with Crippen LogP contribution in [0.2, 0.25) is 0 Å². The average molecular weight is 452 g/mol. The van der Waals surface area contributed by atoms with E-state index in [1.165, 1.54) is 18.2 Å². The molecule has 0 saturated carbocycles. The van der Waals surface area contributed by atoms with Crippen LogP contribution in [0.4, 0.5) is 0 Å². The van der Waals surface area contributed by atoms with Gasteiger partial charge < -0.3 is 24.1 Å². The second-order valence-corrected chi connectivity index (χ2v) is 8.33. The standard InChI is InChI=1S/C25H24O8/c26-23-14-6-5-7-16(32-18-8-1-3-12-30-18)20(14)24(27)22-17(33-19-9-2-4-13-31-19)11-10-15(21(22)23)25(28)29/h5-7,10-11,18-19H,1-4,8-9,12-13H2,(H,28,29). The third-order valence-corrected chi connectivity index (χ3v) is 6.14.